The number of hydrogen-bond acceptors (Lipinski definition) is 2. The van der Waals surface area contributed by atoms with Crippen molar-refractivity contribution in [3.05, 3.63) is 28.0 Å². The van der Waals surface area contributed by atoms with Crippen molar-refractivity contribution in [2.24, 2.45) is 0 Å². The van der Waals surface area contributed by atoms with Crippen LogP contribution in [0, 0.1) is 0 Å². The summed E-state index contributed by atoms with van der Waals surface area (Å²) in [5.74, 6) is 0.602. The maximum absolute atomic E-state index is 11.0. The normalized spacial score (nSPS) is 14.9. The third-order valence-corrected chi connectivity index (χ3v) is 2.07. The lowest BCUT2D eigenvalue weighted by molar-refractivity contribution is 0.753. The van der Waals surface area contributed by atoms with Crippen molar-refractivity contribution >= 4 is 5.82 Å². The van der Waals surface area contributed by atoms with Gasteiger partial charge in [-0.25, -0.2) is 0 Å². The van der Waals surface area contributed by atoms with Gasteiger partial charge in [0.05, 0.1) is 0 Å². The number of hydrogen-bond donors (Lipinski definition) is 1. The Balaban J connectivity index is 2.70. The highest BCUT2D eigenvalue weighted by Gasteiger charge is 2.10. The van der Waals surface area contributed by atoms with Crippen LogP contribution in [0.3, 0.4) is 0 Å². The first kappa shape index (κ1) is 6.46. The van der Waals surface area contributed by atoms with Crippen molar-refractivity contribution in [3.8, 4) is 0 Å². The van der Waals surface area contributed by atoms with Gasteiger partial charge in [-0.15, -0.1) is 0 Å². The first-order valence-corrected chi connectivity index (χ1v) is 3.76. The lowest BCUT2D eigenvalue weighted by Crippen LogP contribution is -2.10. The number of nitrogens with two attached hydrogens (primary N) is 1. The Hall–Kier alpha value is -1.25. The van der Waals surface area contributed by atoms with Crippen molar-refractivity contribution < 1.29 is 0 Å². The Morgan fingerprint density at radius 1 is 1.45 bits per heavy atom. The molecule has 2 N–H and O–H groups in total. The van der Waals surface area contributed by atoms with E-state index < -0.39 is 0 Å². The molecule has 0 radical (unpaired) electrons. The van der Waals surface area contributed by atoms with Gasteiger partial charge in [0.15, 0.2) is 5.43 Å². The Kier molecular flexibility index (Phi) is 1.24. The van der Waals surface area contributed by atoms with Crippen molar-refractivity contribution in [1.29, 1.82) is 0 Å². The van der Waals surface area contributed by atoms with Gasteiger partial charge in [-0.05, 0) is 12.8 Å². The molecule has 0 aliphatic carbocycles. The summed E-state index contributed by atoms with van der Waals surface area (Å²) in [4.78, 5) is 11.0. The molecule has 0 spiro atoms. The molecule has 0 atom stereocenters. The van der Waals surface area contributed by atoms with E-state index in [4.69, 9.17) is 5.73 Å². The summed E-state index contributed by atoms with van der Waals surface area (Å²) < 4.78 is 2.00. The molecule has 0 aromatic carbocycles. The third kappa shape index (κ3) is 0.926. The molecule has 1 aliphatic heterocycles. The predicted octanol–water partition coefficient (Wildman–Crippen LogP) is 0.377. The summed E-state index contributed by atoms with van der Waals surface area (Å²) in [7, 11) is 0. The van der Waals surface area contributed by atoms with E-state index in [2.05, 4.69) is 0 Å². The molecule has 11 heavy (non-hydrogen) atoms. The zero-order chi connectivity index (χ0) is 7.84. The largest absolute Gasteiger partial charge is 0.385 e. The molecule has 2 rings (SSSR count). The Labute approximate surface area is 64.5 Å². The fourth-order valence-corrected chi connectivity index (χ4v) is 1.57. The van der Waals surface area contributed by atoms with Crippen molar-refractivity contribution in [1.82, 2.24) is 4.57 Å². The number of fused-ring (bicyclic) bond motifs is 1. The van der Waals surface area contributed by atoms with Gasteiger partial charge in [0, 0.05) is 24.4 Å². The number of anilines is 1. The maximum Gasteiger partial charge on any atom is 0.183 e. The van der Waals surface area contributed by atoms with Gasteiger partial charge in [0.1, 0.15) is 5.82 Å². The minimum Gasteiger partial charge on any atom is -0.385 e. The van der Waals surface area contributed by atoms with Crippen LogP contribution in [0.25, 0.3) is 0 Å². The van der Waals surface area contributed by atoms with Gasteiger partial charge in [-0.3, -0.25) is 4.79 Å². The Bertz CT molecular complexity index is 340. The van der Waals surface area contributed by atoms with Crippen LogP contribution in [0.1, 0.15) is 12.1 Å². The Morgan fingerprint density at radius 3 is 3.09 bits per heavy atom. The highest BCUT2D eigenvalue weighted by atomic mass is 16.1. The van der Waals surface area contributed by atoms with Crippen molar-refractivity contribution in [2.45, 2.75) is 19.4 Å². The summed E-state index contributed by atoms with van der Waals surface area (Å²) in [6.45, 7) is 0.960. The lowest BCUT2D eigenvalue weighted by Gasteiger charge is -2.05. The molecule has 0 amide bonds. The van der Waals surface area contributed by atoms with Crippen molar-refractivity contribution in [3.63, 3.8) is 0 Å². The maximum atomic E-state index is 11.0. The highest BCUT2D eigenvalue weighted by Crippen LogP contribution is 2.15. The van der Waals surface area contributed by atoms with Gasteiger partial charge in [-0.1, -0.05) is 0 Å². The number of rotatable bonds is 0. The molecule has 3 nitrogen and oxygen atoms in total. The number of aryl methyl sites for hydroxylation is 1. The first-order chi connectivity index (χ1) is 5.27. The average Bonchev–Trinajstić information content (AvgIpc) is 2.34. The highest BCUT2D eigenvalue weighted by molar-refractivity contribution is 5.33. The second kappa shape index (κ2) is 2.12. The number of aromatic nitrogens is 1. The van der Waals surface area contributed by atoms with Crippen LogP contribution in [-0.2, 0) is 13.0 Å². The molecule has 0 saturated heterocycles. The van der Waals surface area contributed by atoms with Crippen LogP contribution in [0.4, 0.5) is 5.82 Å². The van der Waals surface area contributed by atoms with E-state index in [0.29, 0.717) is 5.82 Å². The third-order valence-electron chi connectivity index (χ3n) is 2.07. The second-order valence-corrected chi connectivity index (χ2v) is 2.86. The first-order valence-electron chi connectivity index (χ1n) is 3.76. The van der Waals surface area contributed by atoms with Crippen LogP contribution in [0.15, 0.2) is 16.9 Å². The van der Waals surface area contributed by atoms with Gasteiger partial charge < -0.3 is 10.3 Å². The van der Waals surface area contributed by atoms with Crippen LogP contribution in [0.5, 0.6) is 0 Å². The number of nitrogen functional groups attached to an aromatic ring is 1. The average molecular weight is 150 g/mol. The van der Waals surface area contributed by atoms with Crippen LogP contribution in [0.2, 0.25) is 0 Å². The van der Waals surface area contributed by atoms with E-state index in [1.54, 1.807) is 6.07 Å². The second-order valence-electron chi connectivity index (χ2n) is 2.86. The van der Waals surface area contributed by atoms with E-state index in [0.717, 1.165) is 25.1 Å². The number of pyridine rings is 1. The fourth-order valence-electron chi connectivity index (χ4n) is 1.57. The molecule has 1 aromatic heterocycles. The minimum absolute atomic E-state index is 0.0238. The quantitative estimate of drug-likeness (QED) is 0.581. The predicted molar refractivity (Wildman–Crippen MR) is 43.4 cm³/mol. The Morgan fingerprint density at radius 2 is 2.27 bits per heavy atom. The standard InChI is InChI=1S/C8H10N2O/c9-8-5-7(11)4-6-2-1-3-10(6)8/h4-5H,1-3,9H2. The van der Waals surface area contributed by atoms with E-state index in [1.165, 1.54) is 6.07 Å². The molecular formula is C8H10N2O. The molecule has 3 heteroatoms. The summed E-state index contributed by atoms with van der Waals surface area (Å²) in [5, 5.41) is 0. The van der Waals surface area contributed by atoms with Gasteiger partial charge in [0.2, 0.25) is 0 Å². The van der Waals surface area contributed by atoms with Crippen LogP contribution in [-0.4, -0.2) is 4.57 Å². The van der Waals surface area contributed by atoms with Gasteiger partial charge >= 0.3 is 0 Å². The van der Waals surface area contributed by atoms with Crippen LogP contribution >= 0.6 is 0 Å². The molecule has 0 saturated carbocycles. The summed E-state index contributed by atoms with van der Waals surface area (Å²) in [5.41, 5.74) is 6.74. The zero-order valence-corrected chi connectivity index (χ0v) is 6.21. The van der Waals surface area contributed by atoms with E-state index in [9.17, 15) is 4.79 Å². The van der Waals surface area contributed by atoms with Gasteiger partial charge in [0.25, 0.3) is 0 Å². The fraction of sp³-hybridized carbons (Fsp3) is 0.375. The number of nitrogens with zero attached hydrogens (tertiary/aromatic N) is 1. The van der Waals surface area contributed by atoms with Crippen LogP contribution < -0.4 is 11.2 Å². The van der Waals surface area contributed by atoms with E-state index in [1.807, 2.05) is 4.57 Å². The molecule has 2 heterocycles. The zero-order valence-electron chi connectivity index (χ0n) is 6.21. The smallest absolute Gasteiger partial charge is 0.183 e. The SMILES string of the molecule is Nc1cc(=O)cc2n1CCC2. The topological polar surface area (TPSA) is 48.0 Å². The summed E-state index contributed by atoms with van der Waals surface area (Å²) >= 11 is 0. The molecule has 58 valence electrons. The van der Waals surface area contributed by atoms with Gasteiger partial charge in [-0.2, -0.15) is 0 Å². The molecule has 0 unspecified atom stereocenters. The lowest BCUT2D eigenvalue weighted by atomic mass is 10.3. The summed E-state index contributed by atoms with van der Waals surface area (Å²) in [6, 6.07) is 3.15. The summed E-state index contributed by atoms with van der Waals surface area (Å²) in [6.07, 6.45) is 2.09. The van der Waals surface area contributed by atoms with Crippen molar-refractivity contribution in [2.75, 3.05) is 5.73 Å². The molecular weight excluding hydrogens is 140 g/mol. The molecule has 0 bridgehead atoms. The molecule has 1 aliphatic rings. The molecule has 0 fully saturated rings. The monoisotopic (exact) mass is 150 g/mol. The molecule has 1 aromatic rings. The van der Waals surface area contributed by atoms with E-state index >= 15 is 0 Å². The van der Waals surface area contributed by atoms with E-state index in [-0.39, 0.29) is 5.43 Å². The minimum atomic E-state index is 0.0238.